The van der Waals surface area contributed by atoms with Gasteiger partial charge in [-0.25, -0.2) is 4.98 Å². The number of nitrogens with zero attached hydrogens (tertiary/aromatic N) is 1. The predicted octanol–water partition coefficient (Wildman–Crippen LogP) is 3.73. The fourth-order valence-corrected chi connectivity index (χ4v) is 2.36. The molecule has 1 unspecified atom stereocenters. The lowest BCUT2D eigenvalue weighted by Gasteiger charge is -2.15. The topological polar surface area (TPSA) is 51.2 Å². The number of halogens is 1. The van der Waals surface area contributed by atoms with Crippen LogP contribution in [-0.4, -0.2) is 17.5 Å². The third-order valence-corrected chi connectivity index (χ3v) is 3.67. The van der Waals surface area contributed by atoms with Crippen molar-refractivity contribution in [3.63, 3.8) is 0 Å². The van der Waals surface area contributed by atoms with Crippen molar-refractivity contribution in [3.8, 4) is 5.75 Å². The van der Waals surface area contributed by atoms with Crippen molar-refractivity contribution < 1.29 is 9.53 Å². The number of hydrogen-bond acceptors (Lipinski definition) is 3. The summed E-state index contributed by atoms with van der Waals surface area (Å²) in [6.07, 6.45) is 1.64. The summed E-state index contributed by atoms with van der Waals surface area (Å²) in [4.78, 5) is 16.3. The van der Waals surface area contributed by atoms with Crippen molar-refractivity contribution in [1.29, 1.82) is 0 Å². The Morgan fingerprint density at radius 2 is 2.05 bits per heavy atom. The zero-order chi connectivity index (χ0) is 15.2. The van der Waals surface area contributed by atoms with Crippen LogP contribution in [0.2, 0.25) is 0 Å². The highest BCUT2D eigenvalue weighted by Crippen LogP contribution is 2.19. The van der Waals surface area contributed by atoms with Gasteiger partial charge in [0.25, 0.3) is 5.91 Å². The van der Waals surface area contributed by atoms with Crippen molar-refractivity contribution in [2.24, 2.45) is 0 Å². The third kappa shape index (κ3) is 4.04. The fourth-order valence-electron chi connectivity index (χ4n) is 1.93. The standard InChI is InChI=1S/C16H17BrN2O2/c1-3-21-13-8-6-12(7-9-13)11(2)19-16(20)14-5-4-10-18-15(14)17/h4-11H,3H2,1-2H3,(H,19,20). The molecule has 0 radical (unpaired) electrons. The molecule has 0 saturated heterocycles. The molecule has 0 spiro atoms. The van der Waals surface area contributed by atoms with Gasteiger partial charge in [-0.1, -0.05) is 12.1 Å². The monoisotopic (exact) mass is 348 g/mol. The summed E-state index contributed by atoms with van der Waals surface area (Å²) in [6.45, 7) is 4.53. The van der Waals surface area contributed by atoms with Gasteiger partial charge in [0.2, 0.25) is 0 Å². The van der Waals surface area contributed by atoms with Gasteiger partial charge >= 0.3 is 0 Å². The van der Waals surface area contributed by atoms with Crippen molar-refractivity contribution in [2.45, 2.75) is 19.9 Å². The van der Waals surface area contributed by atoms with E-state index >= 15 is 0 Å². The van der Waals surface area contributed by atoms with Gasteiger partial charge in [0, 0.05) is 6.20 Å². The molecular weight excluding hydrogens is 332 g/mol. The molecule has 110 valence electrons. The molecule has 1 amide bonds. The van der Waals surface area contributed by atoms with E-state index in [1.165, 1.54) is 0 Å². The van der Waals surface area contributed by atoms with Crippen LogP contribution in [0.1, 0.15) is 35.8 Å². The molecule has 0 saturated carbocycles. The molecule has 4 nitrogen and oxygen atoms in total. The quantitative estimate of drug-likeness (QED) is 0.837. The van der Waals surface area contributed by atoms with Crippen molar-refractivity contribution >= 4 is 21.8 Å². The molecular formula is C16H17BrN2O2. The van der Waals surface area contributed by atoms with Crippen LogP contribution in [0, 0.1) is 0 Å². The molecule has 2 aromatic rings. The van der Waals surface area contributed by atoms with Gasteiger partial charge in [-0.3, -0.25) is 4.79 Å². The molecule has 0 bridgehead atoms. The van der Waals surface area contributed by atoms with Crippen LogP contribution in [0.15, 0.2) is 47.2 Å². The van der Waals surface area contributed by atoms with E-state index in [9.17, 15) is 4.79 Å². The van der Waals surface area contributed by atoms with Crippen molar-refractivity contribution in [2.75, 3.05) is 6.61 Å². The molecule has 1 aromatic carbocycles. The molecule has 0 aliphatic heterocycles. The van der Waals surface area contributed by atoms with Gasteiger partial charge in [-0.2, -0.15) is 0 Å². The Hall–Kier alpha value is -1.88. The Labute approximate surface area is 132 Å². The Morgan fingerprint density at radius 1 is 1.33 bits per heavy atom. The number of pyridine rings is 1. The highest BCUT2D eigenvalue weighted by Gasteiger charge is 2.14. The Kier molecular flexibility index (Phi) is 5.33. The Bertz CT molecular complexity index is 614. The molecule has 5 heteroatoms. The molecule has 1 heterocycles. The van der Waals surface area contributed by atoms with Gasteiger partial charge < -0.3 is 10.1 Å². The molecule has 21 heavy (non-hydrogen) atoms. The van der Waals surface area contributed by atoms with Crippen LogP contribution >= 0.6 is 15.9 Å². The SMILES string of the molecule is CCOc1ccc(C(C)NC(=O)c2cccnc2Br)cc1. The lowest BCUT2D eigenvalue weighted by atomic mass is 10.1. The number of carbonyl (C=O) groups is 1. The number of amides is 1. The van der Waals surface area contributed by atoms with Crippen molar-refractivity contribution in [1.82, 2.24) is 10.3 Å². The minimum atomic E-state index is -0.156. The highest BCUT2D eigenvalue weighted by atomic mass is 79.9. The summed E-state index contributed by atoms with van der Waals surface area (Å²) >= 11 is 3.28. The summed E-state index contributed by atoms with van der Waals surface area (Å²) in [5, 5.41) is 2.96. The fraction of sp³-hybridized carbons (Fsp3) is 0.250. The first-order chi connectivity index (χ1) is 10.1. The normalized spacial score (nSPS) is 11.8. The average molecular weight is 349 g/mol. The predicted molar refractivity (Wildman–Crippen MR) is 85.4 cm³/mol. The molecule has 2 rings (SSSR count). The van der Waals surface area contributed by atoms with Crippen LogP contribution in [0.5, 0.6) is 5.75 Å². The summed E-state index contributed by atoms with van der Waals surface area (Å²) in [5.41, 5.74) is 1.54. The van der Waals surface area contributed by atoms with E-state index in [-0.39, 0.29) is 11.9 Å². The first kappa shape index (κ1) is 15.5. The second kappa shape index (κ2) is 7.22. The third-order valence-electron chi connectivity index (χ3n) is 3.04. The summed E-state index contributed by atoms with van der Waals surface area (Å²) in [7, 11) is 0. The number of nitrogens with one attached hydrogen (secondary N) is 1. The molecule has 1 aromatic heterocycles. The average Bonchev–Trinajstić information content (AvgIpc) is 2.48. The first-order valence-electron chi connectivity index (χ1n) is 6.76. The summed E-state index contributed by atoms with van der Waals surface area (Å²) in [6, 6.07) is 11.1. The largest absolute Gasteiger partial charge is 0.494 e. The number of rotatable bonds is 5. The number of hydrogen-bond donors (Lipinski definition) is 1. The van der Waals surface area contributed by atoms with Gasteiger partial charge in [0.1, 0.15) is 10.4 Å². The lowest BCUT2D eigenvalue weighted by molar-refractivity contribution is 0.0938. The summed E-state index contributed by atoms with van der Waals surface area (Å²) in [5.74, 6) is 0.672. The van der Waals surface area contributed by atoms with E-state index in [2.05, 4.69) is 26.2 Å². The van der Waals surface area contributed by atoms with Crippen molar-refractivity contribution in [3.05, 3.63) is 58.3 Å². The van der Waals surface area contributed by atoms with Crippen LogP contribution in [0.4, 0.5) is 0 Å². The number of carbonyl (C=O) groups excluding carboxylic acids is 1. The van der Waals surface area contributed by atoms with E-state index in [0.29, 0.717) is 16.8 Å². The van der Waals surface area contributed by atoms with Gasteiger partial charge in [-0.05, 0) is 59.6 Å². The zero-order valence-corrected chi connectivity index (χ0v) is 13.6. The van der Waals surface area contributed by atoms with E-state index in [4.69, 9.17) is 4.74 Å². The molecule has 0 fully saturated rings. The molecule has 1 N–H and O–H groups in total. The maximum absolute atomic E-state index is 12.2. The minimum absolute atomic E-state index is 0.0970. The second-order valence-corrected chi connectivity index (χ2v) is 5.29. The smallest absolute Gasteiger partial charge is 0.254 e. The van der Waals surface area contributed by atoms with Crippen LogP contribution in [0.3, 0.4) is 0 Å². The Balaban J connectivity index is 2.05. The molecule has 0 aliphatic rings. The number of ether oxygens (including phenoxy) is 1. The van der Waals surface area contributed by atoms with Gasteiger partial charge in [0.15, 0.2) is 0 Å². The maximum Gasteiger partial charge on any atom is 0.254 e. The van der Waals surface area contributed by atoms with Gasteiger partial charge in [-0.15, -0.1) is 0 Å². The minimum Gasteiger partial charge on any atom is -0.494 e. The second-order valence-electron chi connectivity index (χ2n) is 4.54. The molecule has 1 atom stereocenters. The van der Waals surface area contributed by atoms with Gasteiger partial charge in [0.05, 0.1) is 18.2 Å². The molecule has 0 aliphatic carbocycles. The van der Waals surface area contributed by atoms with E-state index in [1.54, 1.807) is 18.3 Å². The first-order valence-corrected chi connectivity index (χ1v) is 7.55. The van der Waals surface area contributed by atoms with E-state index in [1.807, 2.05) is 38.1 Å². The highest BCUT2D eigenvalue weighted by molar-refractivity contribution is 9.10. The zero-order valence-electron chi connectivity index (χ0n) is 12.0. The number of aromatic nitrogens is 1. The maximum atomic E-state index is 12.2. The van der Waals surface area contributed by atoms with Crippen LogP contribution < -0.4 is 10.1 Å². The Morgan fingerprint density at radius 3 is 2.67 bits per heavy atom. The number of benzene rings is 1. The van der Waals surface area contributed by atoms with Crippen LogP contribution in [0.25, 0.3) is 0 Å². The summed E-state index contributed by atoms with van der Waals surface area (Å²) < 4.78 is 5.95. The van der Waals surface area contributed by atoms with Crippen LogP contribution in [-0.2, 0) is 0 Å². The van der Waals surface area contributed by atoms with E-state index in [0.717, 1.165) is 11.3 Å². The lowest BCUT2D eigenvalue weighted by Crippen LogP contribution is -2.27. The van der Waals surface area contributed by atoms with E-state index < -0.39 is 0 Å².